The molecule has 2 aromatic heterocycles. The van der Waals surface area contributed by atoms with Crippen molar-refractivity contribution in [1.29, 1.82) is 0 Å². The van der Waals surface area contributed by atoms with Gasteiger partial charge in [-0.2, -0.15) is 0 Å². The zero-order chi connectivity index (χ0) is 22.5. The van der Waals surface area contributed by atoms with E-state index in [0.29, 0.717) is 39.6 Å². The predicted molar refractivity (Wildman–Crippen MR) is 121 cm³/mol. The minimum Gasteiger partial charge on any atom is -0.397 e. The number of nitrogens with zero attached hydrogens (tertiary/aromatic N) is 3. The van der Waals surface area contributed by atoms with Crippen molar-refractivity contribution in [3.05, 3.63) is 83.5 Å². The smallest absolute Gasteiger partial charge is 0.255 e. The second kappa shape index (κ2) is 9.48. The molecule has 0 atom stereocenters. The number of nitrogens with two attached hydrogens (primary N) is 1. The van der Waals surface area contributed by atoms with Gasteiger partial charge in [-0.1, -0.05) is 29.1 Å². The molecule has 0 unspecified atom stereocenters. The molecular formula is C22H19FN6O2S. The molecule has 0 spiro atoms. The summed E-state index contributed by atoms with van der Waals surface area (Å²) in [6, 6.07) is 14.5. The summed E-state index contributed by atoms with van der Waals surface area (Å²) < 4.78 is 18.2. The second-order valence-corrected chi connectivity index (χ2v) is 7.79. The van der Waals surface area contributed by atoms with Gasteiger partial charge in [-0.05, 0) is 48.9 Å². The minimum absolute atomic E-state index is 0.168. The minimum atomic E-state index is -0.458. The van der Waals surface area contributed by atoms with Gasteiger partial charge < -0.3 is 20.9 Å². The van der Waals surface area contributed by atoms with Crippen LogP contribution in [0, 0.1) is 12.7 Å². The fraction of sp³-hybridized carbons (Fsp3) is 0.0909. The Bertz CT molecular complexity index is 1250. The van der Waals surface area contributed by atoms with E-state index in [1.807, 2.05) is 19.1 Å². The number of carbonyl (C=O) groups excluding carboxylic acids is 1. The molecule has 0 bridgehead atoms. The number of halogens is 1. The third kappa shape index (κ3) is 5.41. The average Bonchev–Trinajstić information content (AvgIpc) is 3.19. The predicted octanol–water partition coefficient (Wildman–Crippen LogP) is 4.78. The van der Waals surface area contributed by atoms with Crippen molar-refractivity contribution in [2.45, 2.75) is 17.8 Å². The van der Waals surface area contributed by atoms with Crippen LogP contribution in [0.25, 0.3) is 0 Å². The van der Waals surface area contributed by atoms with Gasteiger partial charge in [0.2, 0.25) is 0 Å². The van der Waals surface area contributed by atoms with E-state index in [9.17, 15) is 9.18 Å². The van der Waals surface area contributed by atoms with E-state index in [4.69, 9.17) is 10.3 Å². The Morgan fingerprint density at radius 3 is 2.66 bits per heavy atom. The van der Waals surface area contributed by atoms with Crippen LogP contribution in [-0.4, -0.2) is 21.0 Å². The first-order chi connectivity index (χ1) is 15.5. The summed E-state index contributed by atoms with van der Waals surface area (Å²) in [5.74, 6) is 1.73. The highest BCUT2D eigenvalue weighted by atomic mass is 32.2. The Kier molecular flexibility index (Phi) is 6.31. The van der Waals surface area contributed by atoms with E-state index in [1.54, 1.807) is 30.5 Å². The SMILES string of the molecule is Cc1cc(Nc2ccnc(SCc3ccc(C(=O)Nc4ccc(F)cc4N)cc3)n2)no1. The van der Waals surface area contributed by atoms with Crippen LogP contribution in [0.5, 0.6) is 0 Å². The zero-order valence-corrected chi connectivity index (χ0v) is 17.8. The summed E-state index contributed by atoms with van der Waals surface area (Å²) >= 11 is 1.46. The maximum absolute atomic E-state index is 13.2. The van der Waals surface area contributed by atoms with Gasteiger partial charge in [0.15, 0.2) is 11.0 Å². The molecule has 0 aliphatic heterocycles. The monoisotopic (exact) mass is 450 g/mol. The fourth-order valence-corrected chi connectivity index (χ4v) is 3.57. The van der Waals surface area contributed by atoms with Gasteiger partial charge in [0.05, 0.1) is 11.4 Å². The van der Waals surface area contributed by atoms with Crippen molar-refractivity contribution in [2.75, 3.05) is 16.4 Å². The number of aryl methyl sites for hydroxylation is 1. The number of thioether (sulfide) groups is 1. The number of nitrogen functional groups attached to an aromatic ring is 1. The highest BCUT2D eigenvalue weighted by molar-refractivity contribution is 7.98. The second-order valence-electron chi connectivity index (χ2n) is 6.84. The number of aromatic nitrogens is 3. The Hall–Kier alpha value is -3.92. The van der Waals surface area contributed by atoms with E-state index in [2.05, 4.69) is 25.8 Å². The molecule has 1 amide bonds. The van der Waals surface area contributed by atoms with Crippen molar-refractivity contribution in [3.63, 3.8) is 0 Å². The molecule has 4 aromatic rings. The number of rotatable bonds is 7. The third-order valence-corrected chi connectivity index (χ3v) is 5.30. The molecule has 0 aliphatic carbocycles. The third-order valence-electron chi connectivity index (χ3n) is 4.36. The number of benzene rings is 2. The molecular weight excluding hydrogens is 431 g/mol. The van der Waals surface area contributed by atoms with Crippen LogP contribution < -0.4 is 16.4 Å². The van der Waals surface area contributed by atoms with Crippen LogP contribution in [0.1, 0.15) is 21.7 Å². The molecule has 4 N–H and O–H groups in total. The van der Waals surface area contributed by atoms with Crippen LogP contribution in [0.3, 0.4) is 0 Å². The average molecular weight is 450 g/mol. The van der Waals surface area contributed by atoms with Gasteiger partial charge in [-0.25, -0.2) is 14.4 Å². The zero-order valence-electron chi connectivity index (χ0n) is 17.0. The van der Waals surface area contributed by atoms with E-state index in [-0.39, 0.29) is 11.6 Å². The molecule has 2 heterocycles. The van der Waals surface area contributed by atoms with Gasteiger partial charge in [0, 0.05) is 23.6 Å². The van der Waals surface area contributed by atoms with Crippen LogP contribution in [0.2, 0.25) is 0 Å². The molecule has 0 saturated heterocycles. The van der Waals surface area contributed by atoms with Crippen molar-refractivity contribution in [1.82, 2.24) is 15.1 Å². The number of carbonyl (C=O) groups is 1. The molecule has 162 valence electrons. The van der Waals surface area contributed by atoms with Gasteiger partial charge in [-0.3, -0.25) is 4.79 Å². The molecule has 0 fully saturated rings. The van der Waals surface area contributed by atoms with Gasteiger partial charge in [0.1, 0.15) is 17.4 Å². The molecule has 8 nitrogen and oxygen atoms in total. The van der Waals surface area contributed by atoms with Crippen LogP contribution in [-0.2, 0) is 5.75 Å². The van der Waals surface area contributed by atoms with E-state index >= 15 is 0 Å². The van der Waals surface area contributed by atoms with Gasteiger partial charge in [0.25, 0.3) is 5.91 Å². The highest BCUT2D eigenvalue weighted by Gasteiger charge is 2.10. The molecule has 0 saturated carbocycles. The Morgan fingerprint density at radius 2 is 1.94 bits per heavy atom. The molecule has 4 rings (SSSR count). The number of hydrogen-bond donors (Lipinski definition) is 3. The highest BCUT2D eigenvalue weighted by Crippen LogP contribution is 2.23. The summed E-state index contributed by atoms with van der Waals surface area (Å²) in [4.78, 5) is 21.2. The largest absolute Gasteiger partial charge is 0.397 e. The number of amides is 1. The first-order valence-corrected chi connectivity index (χ1v) is 10.6. The quantitative estimate of drug-likeness (QED) is 0.209. The molecule has 0 aliphatic rings. The Morgan fingerprint density at radius 1 is 1.12 bits per heavy atom. The topological polar surface area (TPSA) is 119 Å². The summed E-state index contributed by atoms with van der Waals surface area (Å²) in [6.45, 7) is 1.81. The van der Waals surface area contributed by atoms with E-state index < -0.39 is 5.82 Å². The molecule has 32 heavy (non-hydrogen) atoms. The van der Waals surface area contributed by atoms with Crippen molar-refractivity contribution in [3.8, 4) is 0 Å². The maximum atomic E-state index is 13.2. The number of nitrogens with one attached hydrogen (secondary N) is 2. The van der Waals surface area contributed by atoms with Crippen LogP contribution in [0.4, 0.5) is 27.4 Å². The first-order valence-electron chi connectivity index (χ1n) is 9.58. The van der Waals surface area contributed by atoms with Crippen molar-refractivity contribution in [2.24, 2.45) is 0 Å². The molecule has 0 radical (unpaired) electrons. The Balaban J connectivity index is 1.34. The normalized spacial score (nSPS) is 10.7. The Labute approximate surface area is 187 Å². The van der Waals surface area contributed by atoms with Crippen LogP contribution >= 0.6 is 11.8 Å². The summed E-state index contributed by atoms with van der Waals surface area (Å²) in [6.07, 6.45) is 1.67. The van der Waals surface area contributed by atoms with Crippen molar-refractivity contribution >= 4 is 40.7 Å². The van der Waals surface area contributed by atoms with E-state index in [1.165, 1.54) is 23.9 Å². The molecule has 10 heteroatoms. The van der Waals surface area contributed by atoms with E-state index in [0.717, 1.165) is 11.6 Å². The maximum Gasteiger partial charge on any atom is 0.255 e. The number of hydrogen-bond acceptors (Lipinski definition) is 8. The lowest BCUT2D eigenvalue weighted by atomic mass is 10.1. The van der Waals surface area contributed by atoms with Gasteiger partial charge in [-0.15, -0.1) is 0 Å². The first kappa shape index (κ1) is 21.3. The standard InChI is InChI=1S/C22H19FN6O2S/c1-13-10-20(29-31-13)27-19-8-9-25-22(28-19)32-12-14-2-4-15(5-3-14)21(30)26-18-7-6-16(23)11-17(18)24/h2-11H,12,24H2,1H3,(H,26,30)(H,25,27,28,29). The summed E-state index contributed by atoms with van der Waals surface area (Å²) in [5, 5.41) is 10.2. The van der Waals surface area contributed by atoms with Gasteiger partial charge >= 0.3 is 0 Å². The lowest BCUT2D eigenvalue weighted by Crippen LogP contribution is -2.13. The summed E-state index contributed by atoms with van der Waals surface area (Å²) in [7, 11) is 0. The van der Waals surface area contributed by atoms with Crippen LogP contribution in [0.15, 0.2) is 70.5 Å². The lowest BCUT2D eigenvalue weighted by molar-refractivity contribution is 0.102. The number of anilines is 4. The lowest BCUT2D eigenvalue weighted by Gasteiger charge is -2.09. The fourth-order valence-electron chi connectivity index (χ4n) is 2.78. The van der Waals surface area contributed by atoms with Crippen molar-refractivity contribution < 1.29 is 13.7 Å². The summed E-state index contributed by atoms with van der Waals surface area (Å²) in [5.41, 5.74) is 7.74. The molecule has 2 aromatic carbocycles.